The van der Waals surface area contributed by atoms with Gasteiger partial charge in [-0.05, 0) is 0 Å². The maximum atomic E-state index is 0. The fraction of sp³-hybridized carbons (Fsp3) is 0. The Morgan fingerprint density at radius 2 is 0.571 bits per heavy atom. The quantitative estimate of drug-likeness (QED) is 0.347. The second-order valence-corrected chi connectivity index (χ2v) is 0. The van der Waals surface area contributed by atoms with Crippen molar-refractivity contribution in [1.82, 2.24) is 0 Å². The molecule has 0 unspecified atom stereocenters. The van der Waals surface area contributed by atoms with Gasteiger partial charge in [-0.25, -0.2) is 0 Å². The summed E-state index contributed by atoms with van der Waals surface area (Å²) >= 11 is 0. The Morgan fingerprint density at radius 3 is 0.571 bits per heavy atom. The minimum Gasteiger partial charge on any atom is -2.00 e. The normalized spacial score (nSPS) is 0. The molecule has 0 aliphatic carbocycles. The molecule has 0 aliphatic heterocycles. The molecular weight excluding hydrogens is 189 g/mol. The molecule has 7 heteroatoms. The Bertz CT molecular complexity index is 11.7. The smallest absolute Gasteiger partial charge is 2.00 e. The van der Waals surface area contributed by atoms with Crippen LogP contribution < -0.4 is 18.9 Å². The van der Waals surface area contributed by atoms with Crippen molar-refractivity contribution in [2.24, 2.45) is 0 Å². The Kier molecular flexibility index (Phi) is 2440. The molecule has 32 valence electrons. The van der Waals surface area contributed by atoms with E-state index in [1.807, 2.05) is 0 Å². The van der Waals surface area contributed by atoms with Crippen molar-refractivity contribution in [2.45, 2.75) is 0 Å². The number of hydrogen-bond donors (Lipinski definition) is 0. The fourth-order valence-corrected chi connectivity index (χ4v) is 0. The summed E-state index contributed by atoms with van der Waals surface area (Å²) in [7, 11) is 0. The molecule has 0 spiro atoms. The zero-order chi connectivity index (χ0) is 0. The van der Waals surface area contributed by atoms with Gasteiger partial charge in [0.2, 0.25) is 0 Å². The average Bonchev–Trinajstić information content (AvgIpc) is 0. The number of rotatable bonds is 0. The van der Waals surface area contributed by atoms with E-state index in [1.165, 1.54) is 0 Å². The Balaban J connectivity index is 0. The number of hydrogen-bond acceptors (Lipinski definition) is 0. The third-order valence-electron chi connectivity index (χ3n) is 0. The molecule has 0 aromatic rings. The molecule has 0 aromatic heterocycles. The van der Waals surface area contributed by atoms with Crippen LogP contribution in [-0.2, 0) is 48.1 Å². The van der Waals surface area contributed by atoms with Gasteiger partial charge in [0.1, 0.15) is 0 Å². The van der Waals surface area contributed by atoms with E-state index in [4.69, 9.17) is 0 Å². The molecule has 0 N–H and O–H groups in total. The van der Waals surface area contributed by atoms with Crippen LogP contribution in [0.2, 0.25) is 0 Å². The van der Waals surface area contributed by atoms with Crippen LogP contribution in [0.1, 0.15) is 0 Å². The first-order chi connectivity index (χ1) is 0. The predicted molar refractivity (Wildman–Crippen MR) is 8.50 cm³/mol. The van der Waals surface area contributed by atoms with Crippen LogP contribution in [0.4, 0.5) is 0 Å². The third kappa shape index (κ3) is 78.4. The van der Waals surface area contributed by atoms with Crippen LogP contribution in [0, 0.1) is 0 Å². The van der Waals surface area contributed by atoms with Gasteiger partial charge >= 0.3 is 62.4 Å². The van der Waals surface area contributed by atoms with Crippen LogP contribution in [0.5, 0.6) is 0 Å². The molecule has 0 aliphatic rings. The van der Waals surface area contributed by atoms with Gasteiger partial charge in [0.15, 0.2) is 0 Å². The van der Waals surface area contributed by atoms with Gasteiger partial charge in [0.25, 0.3) is 0 Å². The standard InChI is InChI=1S/Al.Li.4O.Zr/q+3;+1;4*-2;+4. The van der Waals surface area contributed by atoms with E-state index in [1.54, 1.807) is 0 Å². The monoisotopic (exact) mass is 188 g/mol. The minimum absolute atomic E-state index is 0. The van der Waals surface area contributed by atoms with Crippen molar-refractivity contribution in [1.29, 1.82) is 0 Å². The molecule has 0 atom stereocenters. The van der Waals surface area contributed by atoms with Gasteiger partial charge < -0.3 is 21.9 Å². The zero-order valence-electron chi connectivity index (χ0n) is 3.71. The molecule has 0 saturated heterocycles. The Labute approximate surface area is 83.7 Å². The van der Waals surface area contributed by atoms with Gasteiger partial charge in [0.05, 0.1) is 0 Å². The van der Waals surface area contributed by atoms with Crippen LogP contribution in [0.3, 0.4) is 0 Å². The van der Waals surface area contributed by atoms with Crippen LogP contribution in [0.15, 0.2) is 0 Å². The SMILES string of the molecule is [Al+3].[Li+].[O-2].[O-2].[O-2].[O-2].[Zr+4]. The van der Waals surface area contributed by atoms with Crippen molar-refractivity contribution in [3.05, 3.63) is 0 Å². The molecule has 0 rings (SSSR count). The molecule has 0 radical (unpaired) electrons. The summed E-state index contributed by atoms with van der Waals surface area (Å²) in [6.07, 6.45) is 0. The van der Waals surface area contributed by atoms with Gasteiger partial charge in [-0.1, -0.05) is 0 Å². The molecule has 0 fully saturated rings. The molecule has 0 bridgehead atoms. The molecule has 0 amide bonds. The topological polar surface area (TPSA) is 114 Å². The van der Waals surface area contributed by atoms with Crippen molar-refractivity contribution >= 4 is 17.4 Å². The van der Waals surface area contributed by atoms with E-state index in [9.17, 15) is 0 Å². The van der Waals surface area contributed by atoms with E-state index in [2.05, 4.69) is 0 Å². The van der Waals surface area contributed by atoms with Gasteiger partial charge in [-0.3, -0.25) is 0 Å². The molecular formula is AlLiO4Zr. The first-order valence-electron chi connectivity index (χ1n) is 0. The van der Waals surface area contributed by atoms with Gasteiger partial charge in [-0.2, -0.15) is 0 Å². The third-order valence-corrected chi connectivity index (χ3v) is 0. The van der Waals surface area contributed by atoms with E-state index in [0.717, 1.165) is 0 Å². The van der Waals surface area contributed by atoms with Crippen molar-refractivity contribution in [2.75, 3.05) is 0 Å². The molecule has 0 aromatic carbocycles. The molecule has 4 nitrogen and oxygen atoms in total. The average molecular weight is 189 g/mol. The second-order valence-electron chi connectivity index (χ2n) is 0. The maximum absolute atomic E-state index is 0. The first-order valence-corrected chi connectivity index (χ1v) is 0. The summed E-state index contributed by atoms with van der Waals surface area (Å²) in [5, 5.41) is 0. The molecule has 0 heterocycles. The summed E-state index contributed by atoms with van der Waals surface area (Å²) < 4.78 is 0. The second kappa shape index (κ2) is 107. The summed E-state index contributed by atoms with van der Waals surface area (Å²) in [6.45, 7) is 0. The Hall–Kier alpha value is 1.85. The summed E-state index contributed by atoms with van der Waals surface area (Å²) in [4.78, 5) is 0. The van der Waals surface area contributed by atoms with E-state index in [-0.39, 0.29) is 84.3 Å². The maximum Gasteiger partial charge on any atom is 4.00 e. The van der Waals surface area contributed by atoms with Gasteiger partial charge in [0, 0.05) is 0 Å². The largest absolute Gasteiger partial charge is 4.00 e. The van der Waals surface area contributed by atoms with Crippen LogP contribution in [0.25, 0.3) is 0 Å². The predicted octanol–water partition coefficient (Wildman–Crippen LogP) is -3.85. The van der Waals surface area contributed by atoms with E-state index >= 15 is 0 Å². The fourth-order valence-electron chi connectivity index (χ4n) is 0. The molecule has 7 heavy (non-hydrogen) atoms. The van der Waals surface area contributed by atoms with Crippen molar-refractivity contribution in [3.8, 4) is 0 Å². The first kappa shape index (κ1) is 159. The van der Waals surface area contributed by atoms with Crippen LogP contribution in [-0.4, -0.2) is 17.4 Å². The van der Waals surface area contributed by atoms with Crippen LogP contribution >= 0.6 is 0 Å². The van der Waals surface area contributed by atoms with Crippen molar-refractivity contribution in [3.63, 3.8) is 0 Å². The summed E-state index contributed by atoms with van der Waals surface area (Å²) in [6, 6.07) is 0. The summed E-state index contributed by atoms with van der Waals surface area (Å²) in [5.41, 5.74) is 0. The van der Waals surface area contributed by atoms with Gasteiger partial charge in [-0.15, -0.1) is 0 Å². The van der Waals surface area contributed by atoms with Crippen molar-refractivity contribution < 1.29 is 67.0 Å². The summed E-state index contributed by atoms with van der Waals surface area (Å²) in [5.74, 6) is 0. The minimum atomic E-state index is 0. The van der Waals surface area contributed by atoms with E-state index in [0.29, 0.717) is 0 Å². The Morgan fingerprint density at radius 1 is 0.571 bits per heavy atom. The van der Waals surface area contributed by atoms with E-state index < -0.39 is 0 Å². The zero-order valence-corrected chi connectivity index (χ0v) is 7.32. The molecule has 0 saturated carbocycles.